The first-order valence-electron chi connectivity index (χ1n) is 3.70. The van der Waals surface area contributed by atoms with Crippen LogP contribution < -0.4 is 5.73 Å². The smallest absolute Gasteiger partial charge is 0.330 e. The van der Waals surface area contributed by atoms with Crippen molar-refractivity contribution in [2.45, 2.75) is 13.0 Å². The van der Waals surface area contributed by atoms with Crippen molar-refractivity contribution < 1.29 is 14.5 Å². The third-order valence-electron chi connectivity index (χ3n) is 1.31. The number of aliphatic imine (C=N–C) groups is 1. The first kappa shape index (κ1) is 12.1. The zero-order chi connectivity index (χ0) is 11.1. The summed E-state index contributed by atoms with van der Waals surface area (Å²) in [5.74, 6) is -1.06. The van der Waals surface area contributed by atoms with Crippen LogP contribution in [0.2, 0.25) is 0 Å². The molecule has 0 fully saturated rings. The number of carbonyl (C=O) groups is 1. The Morgan fingerprint density at radius 2 is 2.29 bits per heavy atom. The average Bonchev–Trinajstić information content (AvgIpc) is 2.15. The second-order valence-corrected chi connectivity index (χ2v) is 2.35. The quantitative estimate of drug-likeness (QED) is 0.290. The highest BCUT2D eigenvalue weighted by molar-refractivity contribution is 5.79. The Morgan fingerprint density at radius 1 is 1.71 bits per heavy atom. The van der Waals surface area contributed by atoms with Gasteiger partial charge in [-0.15, -0.1) is 0 Å². The number of nitro groups is 1. The van der Waals surface area contributed by atoms with Crippen molar-refractivity contribution in [3.8, 4) is 0 Å². The van der Waals surface area contributed by atoms with E-state index in [0.717, 1.165) is 12.3 Å². The van der Waals surface area contributed by atoms with Crippen molar-refractivity contribution >= 4 is 12.2 Å². The Hall–Kier alpha value is -1.92. The number of hydrogen-bond acceptors (Lipinski definition) is 6. The molecule has 0 aliphatic heterocycles. The van der Waals surface area contributed by atoms with Gasteiger partial charge in [-0.05, 0) is 11.8 Å². The molecule has 0 aromatic rings. The highest BCUT2D eigenvalue weighted by Crippen LogP contribution is 1.91. The average molecular weight is 201 g/mol. The minimum atomic E-state index is -0.755. The lowest BCUT2D eigenvalue weighted by atomic mass is 10.4. The molecule has 0 rings (SSSR count). The molecule has 2 N–H and O–H groups in total. The molecule has 0 saturated heterocycles. The fourth-order valence-electron chi connectivity index (χ4n) is 0.541. The summed E-state index contributed by atoms with van der Waals surface area (Å²) in [5.41, 5.74) is 4.97. The molecule has 0 saturated carbocycles. The van der Waals surface area contributed by atoms with Crippen LogP contribution in [0.5, 0.6) is 0 Å². The monoisotopic (exact) mass is 201 g/mol. The number of hydrogen-bond donors (Lipinski definition) is 1. The summed E-state index contributed by atoms with van der Waals surface area (Å²) in [4.78, 5) is 23.7. The van der Waals surface area contributed by atoms with E-state index in [1.165, 1.54) is 14.0 Å². The fraction of sp³-hybridized carbons (Fsp3) is 0.429. The van der Waals surface area contributed by atoms with Crippen LogP contribution in [-0.2, 0) is 9.53 Å². The Balaban J connectivity index is 4.25. The highest BCUT2D eigenvalue weighted by atomic mass is 16.6. The van der Waals surface area contributed by atoms with Gasteiger partial charge in [-0.3, -0.25) is 10.7 Å². The van der Waals surface area contributed by atoms with Crippen LogP contribution in [0.3, 0.4) is 0 Å². The lowest BCUT2D eigenvalue weighted by Crippen LogP contribution is -2.16. The lowest BCUT2D eigenvalue weighted by Gasteiger charge is -2.00. The van der Waals surface area contributed by atoms with Crippen LogP contribution in [-0.4, -0.2) is 30.3 Å². The number of methoxy groups -OCH3 is 1. The lowest BCUT2D eigenvalue weighted by molar-refractivity contribution is -0.426. The topological polar surface area (TPSA) is 108 Å². The summed E-state index contributed by atoms with van der Waals surface area (Å²) in [7, 11) is 1.23. The van der Waals surface area contributed by atoms with Crippen LogP contribution in [0.25, 0.3) is 0 Å². The standard InChI is InChI=1S/C7H11N3O4/c1-5(7(11)14-2)9-4-3-6(8)10(12)13/h3-5H,8H2,1-2H3/t5-/m0/s1. The summed E-state index contributed by atoms with van der Waals surface area (Å²) in [6.45, 7) is 1.50. The van der Waals surface area contributed by atoms with E-state index in [4.69, 9.17) is 5.73 Å². The van der Waals surface area contributed by atoms with Gasteiger partial charge in [-0.2, -0.15) is 0 Å². The second-order valence-electron chi connectivity index (χ2n) is 2.35. The number of allylic oxidation sites excluding steroid dienone is 1. The summed E-state index contributed by atoms with van der Waals surface area (Å²) in [5, 5.41) is 10.0. The predicted molar refractivity (Wildman–Crippen MR) is 49.2 cm³/mol. The molecule has 7 heteroatoms. The van der Waals surface area contributed by atoms with E-state index in [1.807, 2.05) is 0 Å². The summed E-state index contributed by atoms with van der Waals surface area (Å²) >= 11 is 0. The van der Waals surface area contributed by atoms with Gasteiger partial charge in [0.05, 0.1) is 7.11 Å². The number of esters is 1. The van der Waals surface area contributed by atoms with Gasteiger partial charge in [-0.1, -0.05) is 0 Å². The Labute approximate surface area is 80.4 Å². The highest BCUT2D eigenvalue weighted by Gasteiger charge is 2.09. The van der Waals surface area contributed by atoms with Gasteiger partial charge >= 0.3 is 11.8 Å². The van der Waals surface area contributed by atoms with Crippen LogP contribution in [0.15, 0.2) is 16.9 Å². The third-order valence-corrected chi connectivity index (χ3v) is 1.31. The molecule has 0 heterocycles. The van der Waals surface area contributed by atoms with Gasteiger partial charge in [0.25, 0.3) is 0 Å². The third kappa shape index (κ3) is 4.19. The van der Waals surface area contributed by atoms with E-state index in [-0.39, 0.29) is 0 Å². The molecule has 0 radical (unpaired) electrons. The van der Waals surface area contributed by atoms with Gasteiger partial charge < -0.3 is 14.9 Å². The van der Waals surface area contributed by atoms with Crippen molar-refractivity contribution in [1.82, 2.24) is 0 Å². The fourth-order valence-corrected chi connectivity index (χ4v) is 0.541. The van der Waals surface area contributed by atoms with Crippen LogP contribution in [0.4, 0.5) is 0 Å². The second kappa shape index (κ2) is 5.68. The molecule has 0 aromatic heterocycles. The molecule has 0 unspecified atom stereocenters. The number of rotatable bonds is 4. The maximum Gasteiger partial charge on any atom is 0.330 e. The molecule has 0 aliphatic rings. The maximum atomic E-state index is 10.8. The van der Waals surface area contributed by atoms with Crippen LogP contribution in [0.1, 0.15) is 6.92 Å². The van der Waals surface area contributed by atoms with E-state index >= 15 is 0 Å². The molecule has 0 spiro atoms. The minimum Gasteiger partial charge on any atom is -0.467 e. The molecule has 1 atom stereocenters. The van der Waals surface area contributed by atoms with Crippen LogP contribution >= 0.6 is 0 Å². The van der Waals surface area contributed by atoms with Crippen LogP contribution in [0, 0.1) is 10.1 Å². The van der Waals surface area contributed by atoms with E-state index < -0.39 is 22.8 Å². The molecular formula is C7H11N3O4. The minimum absolute atomic E-state index is 0.519. The largest absolute Gasteiger partial charge is 0.467 e. The van der Waals surface area contributed by atoms with Gasteiger partial charge in [0.2, 0.25) is 0 Å². The van der Waals surface area contributed by atoms with E-state index in [0.29, 0.717) is 0 Å². The van der Waals surface area contributed by atoms with Crippen molar-refractivity contribution in [3.63, 3.8) is 0 Å². The zero-order valence-corrected chi connectivity index (χ0v) is 7.84. The number of carbonyl (C=O) groups excluding carboxylic acids is 1. The van der Waals surface area contributed by atoms with Crippen molar-refractivity contribution in [2.24, 2.45) is 10.7 Å². The molecule has 14 heavy (non-hydrogen) atoms. The Kier molecular flexibility index (Phi) is 4.90. The maximum absolute atomic E-state index is 10.8. The van der Waals surface area contributed by atoms with Gasteiger partial charge in [0.15, 0.2) is 0 Å². The van der Waals surface area contributed by atoms with Crippen molar-refractivity contribution in [1.29, 1.82) is 0 Å². The van der Waals surface area contributed by atoms with E-state index in [9.17, 15) is 14.9 Å². The summed E-state index contributed by atoms with van der Waals surface area (Å²) in [6, 6.07) is -0.698. The van der Waals surface area contributed by atoms with E-state index in [1.54, 1.807) is 0 Å². The molecule has 0 amide bonds. The SMILES string of the molecule is COC(=O)[C@H](C)N=CC=C(N)[N+](=O)[O-]. The first-order valence-corrected chi connectivity index (χ1v) is 3.70. The van der Waals surface area contributed by atoms with Crippen molar-refractivity contribution in [3.05, 3.63) is 22.0 Å². The summed E-state index contributed by atoms with van der Waals surface area (Å²) < 4.78 is 4.38. The van der Waals surface area contributed by atoms with Gasteiger partial charge in [-0.25, -0.2) is 4.79 Å². The summed E-state index contributed by atoms with van der Waals surface area (Å²) in [6.07, 6.45) is 2.10. The number of ether oxygens (including phenoxy) is 1. The molecule has 0 bridgehead atoms. The Morgan fingerprint density at radius 3 is 2.71 bits per heavy atom. The van der Waals surface area contributed by atoms with E-state index in [2.05, 4.69) is 9.73 Å². The molecular weight excluding hydrogens is 190 g/mol. The Bertz CT molecular complexity index is 285. The molecule has 7 nitrogen and oxygen atoms in total. The van der Waals surface area contributed by atoms with Gasteiger partial charge in [0.1, 0.15) is 6.04 Å². The molecule has 0 aromatic carbocycles. The molecule has 0 aliphatic carbocycles. The molecule has 78 valence electrons. The first-order chi connectivity index (χ1) is 6.49. The normalized spacial score (nSPS) is 14.0. The van der Waals surface area contributed by atoms with Crippen molar-refractivity contribution in [2.75, 3.05) is 7.11 Å². The predicted octanol–water partition coefficient (Wildman–Crippen LogP) is -0.304. The number of nitrogens with two attached hydrogens (primary N) is 1. The van der Waals surface area contributed by atoms with Gasteiger partial charge in [0, 0.05) is 12.3 Å². The zero-order valence-electron chi connectivity index (χ0n) is 7.84. The number of nitrogens with zero attached hydrogens (tertiary/aromatic N) is 2.